The van der Waals surface area contributed by atoms with Crippen LogP contribution in [0.25, 0.3) is 0 Å². The third kappa shape index (κ3) is 5.52. The lowest BCUT2D eigenvalue weighted by Crippen LogP contribution is -2.30. The third-order valence-corrected chi connectivity index (χ3v) is 7.29. The largest absolute Gasteiger partial charge is 0.433 e. The summed E-state index contributed by atoms with van der Waals surface area (Å²) in [5.74, 6) is -0.488. The van der Waals surface area contributed by atoms with Crippen molar-refractivity contribution >= 4 is 23.0 Å². The number of Topliss-reactive ketones (excluding diaryl/α,β-unsaturated/α-hetero) is 1. The molecule has 7 nitrogen and oxygen atoms in total. The first-order valence-electron chi connectivity index (χ1n) is 11.8. The maximum Gasteiger partial charge on any atom is 0.433 e. The minimum Gasteiger partial charge on any atom is -0.373 e. The molecule has 4 heterocycles. The fourth-order valence-electron chi connectivity index (χ4n) is 4.36. The number of halogens is 3. The Kier molecular flexibility index (Phi) is 7.89. The van der Waals surface area contributed by atoms with Gasteiger partial charge in [-0.2, -0.15) is 13.2 Å². The normalized spacial score (nSPS) is 15.2. The second-order valence-corrected chi connectivity index (χ2v) is 9.53. The van der Waals surface area contributed by atoms with E-state index < -0.39 is 23.8 Å². The van der Waals surface area contributed by atoms with Gasteiger partial charge in [-0.15, -0.1) is 11.3 Å². The zero-order valence-electron chi connectivity index (χ0n) is 20.0. The average Bonchev–Trinajstić information content (AvgIpc) is 3.54. The van der Waals surface area contributed by atoms with Crippen LogP contribution in [0, 0.1) is 0 Å². The number of hydrogen-bond donors (Lipinski definition) is 1. The number of alkyl halides is 3. The third-order valence-electron chi connectivity index (χ3n) is 6.35. The van der Waals surface area contributed by atoms with Crippen LogP contribution in [0.1, 0.15) is 87.9 Å². The van der Waals surface area contributed by atoms with Crippen molar-refractivity contribution in [1.29, 1.82) is 0 Å². The summed E-state index contributed by atoms with van der Waals surface area (Å²) < 4.78 is 46.0. The predicted molar refractivity (Wildman–Crippen MR) is 128 cm³/mol. The van der Waals surface area contributed by atoms with Gasteiger partial charge >= 0.3 is 6.18 Å². The molecule has 0 aromatic carbocycles. The van der Waals surface area contributed by atoms with Crippen LogP contribution in [0.2, 0.25) is 0 Å². The van der Waals surface area contributed by atoms with Crippen LogP contribution in [-0.2, 0) is 24.1 Å². The molecule has 0 aliphatic carbocycles. The lowest BCUT2D eigenvalue weighted by atomic mass is 9.98. The number of ether oxygens (including phenoxy) is 1. The number of rotatable bonds is 9. The zero-order valence-corrected chi connectivity index (χ0v) is 20.8. The van der Waals surface area contributed by atoms with E-state index in [1.54, 1.807) is 12.3 Å². The first kappa shape index (κ1) is 26.0. The number of nitrogens with one attached hydrogen (secondary N) is 1. The molecule has 1 aliphatic heterocycles. The van der Waals surface area contributed by atoms with E-state index in [4.69, 9.17) is 4.74 Å². The Morgan fingerprint density at radius 1 is 1.22 bits per heavy atom. The Morgan fingerprint density at radius 3 is 2.64 bits per heavy atom. The molecule has 0 unspecified atom stereocenters. The van der Waals surface area contributed by atoms with Crippen LogP contribution < -0.4 is 5.32 Å². The summed E-state index contributed by atoms with van der Waals surface area (Å²) in [5.41, 5.74) is 0.882. The number of ketones is 1. The van der Waals surface area contributed by atoms with Gasteiger partial charge in [0.15, 0.2) is 5.78 Å². The number of pyridine rings is 1. The van der Waals surface area contributed by atoms with E-state index in [-0.39, 0.29) is 24.7 Å². The highest BCUT2D eigenvalue weighted by atomic mass is 32.1. The number of fused-ring (bicyclic) bond motifs is 1. The molecule has 192 valence electrons. The fourth-order valence-corrected chi connectivity index (χ4v) is 5.18. The lowest BCUT2D eigenvalue weighted by Gasteiger charge is -2.21. The molecule has 0 saturated carbocycles. The van der Waals surface area contributed by atoms with Gasteiger partial charge in [-0.1, -0.05) is 19.9 Å². The van der Waals surface area contributed by atoms with Crippen molar-refractivity contribution in [1.82, 2.24) is 19.9 Å². The molecule has 1 amide bonds. The molecule has 0 bridgehead atoms. The number of nitrogens with zero attached hydrogens (tertiary/aromatic N) is 3. The molecule has 3 aromatic rings. The van der Waals surface area contributed by atoms with E-state index in [2.05, 4.69) is 15.3 Å². The van der Waals surface area contributed by atoms with Crippen molar-refractivity contribution in [3.63, 3.8) is 0 Å². The number of hydrogen-bond acceptors (Lipinski definition) is 6. The van der Waals surface area contributed by atoms with Crippen LogP contribution in [0.5, 0.6) is 0 Å². The average molecular weight is 521 g/mol. The van der Waals surface area contributed by atoms with Crippen LogP contribution >= 0.6 is 11.3 Å². The van der Waals surface area contributed by atoms with Crippen molar-refractivity contribution in [2.24, 2.45) is 0 Å². The minimum absolute atomic E-state index is 0.00240. The fraction of sp³-hybridized carbons (Fsp3) is 0.440. The predicted octanol–water partition coefficient (Wildman–Crippen LogP) is 5.54. The topological polar surface area (TPSA) is 86.1 Å². The summed E-state index contributed by atoms with van der Waals surface area (Å²) in [4.78, 5) is 34.5. The molecule has 0 fully saturated rings. The van der Waals surface area contributed by atoms with Gasteiger partial charge in [-0.3, -0.25) is 14.6 Å². The highest BCUT2D eigenvalue weighted by Gasteiger charge is 2.33. The minimum atomic E-state index is -4.53. The second kappa shape index (κ2) is 10.9. The first-order valence-corrected chi connectivity index (χ1v) is 12.7. The van der Waals surface area contributed by atoms with Gasteiger partial charge in [0.05, 0.1) is 41.2 Å². The Labute approximate surface area is 210 Å². The Balaban J connectivity index is 1.56. The monoisotopic (exact) mass is 520 g/mol. The van der Waals surface area contributed by atoms with Gasteiger partial charge < -0.3 is 14.6 Å². The highest BCUT2D eigenvalue weighted by molar-refractivity contribution is 7.09. The van der Waals surface area contributed by atoms with Gasteiger partial charge in [0.2, 0.25) is 0 Å². The number of carbonyl (C=O) groups excluding carboxylic acids is 2. The molecular formula is C25H27F3N4O3S. The summed E-state index contributed by atoms with van der Waals surface area (Å²) in [6, 6.07) is 3.29. The molecular weight excluding hydrogens is 493 g/mol. The summed E-state index contributed by atoms with van der Waals surface area (Å²) in [6.45, 7) is 4.91. The van der Waals surface area contributed by atoms with E-state index >= 15 is 0 Å². The second-order valence-electron chi connectivity index (χ2n) is 8.61. The smallest absolute Gasteiger partial charge is 0.373 e. The van der Waals surface area contributed by atoms with E-state index in [1.807, 2.05) is 23.8 Å². The lowest BCUT2D eigenvalue weighted by molar-refractivity contribution is -0.141. The van der Waals surface area contributed by atoms with Crippen molar-refractivity contribution in [2.45, 2.75) is 64.4 Å². The van der Waals surface area contributed by atoms with Crippen molar-refractivity contribution in [3.8, 4) is 0 Å². The standard InChI is InChI=1S/C25H27F3N4O3S/c1-3-15(24-29-7-10-36-24)11-21(33)19-12-17(20-14-35-9-8-32(19)20)23(34)31-18(4-2)16-5-6-22(30-13-16)25(26,27)28/h5-7,10,12-13,15,18H,3-4,8-9,11,14H2,1-2H3,(H,31,34)/t15-,18+/m0/s1. The van der Waals surface area contributed by atoms with Crippen LogP contribution in [-0.4, -0.2) is 32.8 Å². The van der Waals surface area contributed by atoms with Gasteiger partial charge in [-0.25, -0.2) is 4.98 Å². The number of aromatic nitrogens is 3. The molecule has 0 spiro atoms. The molecule has 0 saturated heterocycles. The summed E-state index contributed by atoms with van der Waals surface area (Å²) in [7, 11) is 0. The molecule has 36 heavy (non-hydrogen) atoms. The van der Waals surface area contributed by atoms with E-state index in [1.165, 1.54) is 17.4 Å². The number of amides is 1. The summed E-state index contributed by atoms with van der Waals surface area (Å²) in [5, 5.41) is 5.68. The Hall–Kier alpha value is -3.05. The van der Waals surface area contributed by atoms with Gasteiger partial charge in [0.1, 0.15) is 5.69 Å². The number of thiazole rings is 1. The molecule has 1 N–H and O–H groups in total. The molecule has 3 aromatic heterocycles. The van der Waals surface area contributed by atoms with E-state index in [0.29, 0.717) is 42.1 Å². The van der Waals surface area contributed by atoms with Crippen molar-refractivity contribution < 1.29 is 27.5 Å². The number of carbonyl (C=O) groups is 2. The van der Waals surface area contributed by atoms with Crippen LogP contribution in [0.15, 0.2) is 36.0 Å². The van der Waals surface area contributed by atoms with Gasteiger partial charge in [0, 0.05) is 36.7 Å². The van der Waals surface area contributed by atoms with Gasteiger partial charge in [0.25, 0.3) is 5.91 Å². The van der Waals surface area contributed by atoms with Gasteiger partial charge in [-0.05, 0) is 30.5 Å². The zero-order chi connectivity index (χ0) is 25.9. The maximum atomic E-state index is 13.3. The highest BCUT2D eigenvalue weighted by Crippen LogP contribution is 2.30. The SMILES string of the molecule is CC[C@@H](CC(=O)c1cc(C(=O)N[C@H](CC)c2ccc(C(F)(F)F)nc2)c2n1CCOC2)c1nccs1. The Morgan fingerprint density at radius 2 is 2.03 bits per heavy atom. The Bertz CT molecular complexity index is 1210. The summed E-state index contributed by atoms with van der Waals surface area (Å²) >= 11 is 1.52. The molecule has 0 radical (unpaired) electrons. The van der Waals surface area contributed by atoms with Crippen LogP contribution in [0.4, 0.5) is 13.2 Å². The van der Waals surface area contributed by atoms with Crippen molar-refractivity contribution in [2.75, 3.05) is 6.61 Å². The van der Waals surface area contributed by atoms with E-state index in [0.717, 1.165) is 23.7 Å². The maximum absolute atomic E-state index is 13.3. The van der Waals surface area contributed by atoms with E-state index in [9.17, 15) is 22.8 Å². The molecule has 4 rings (SSSR count). The molecule has 11 heteroatoms. The first-order chi connectivity index (χ1) is 17.2. The summed E-state index contributed by atoms with van der Waals surface area (Å²) in [6.07, 6.45) is -0.180. The van der Waals surface area contributed by atoms with Crippen molar-refractivity contribution in [3.05, 3.63) is 69.2 Å². The van der Waals surface area contributed by atoms with Crippen LogP contribution in [0.3, 0.4) is 0 Å². The molecule has 2 atom stereocenters. The molecule has 1 aliphatic rings. The quantitative estimate of drug-likeness (QED) is 0.375.